The van der Waals surface area contributed by atoms with Gasteiger partial charge in [0.1, 0.15) is 5.82 Å². The number of hydrogen-bond donors (Lipinski definition) is 1. The highest BCUT2D eigenvalue weighted by atomic mass is 16.7. The van der Waals surface area contributed by atoms with Crippen LogP contribution in [-0.2, 0) is 6.54 Å². The molecule has 136 valence electrons. The number of nitrogens with one attached hydrogen (secondary N) is 1. The second-order valence-corrected chi connectivity index (χ2v) is 7.11. The molecule has 1 aromatic carbocycles. The van der Waals surface area contributed by atoms with Gasteiger partial charge in [0.25, 0.3) is 0 Å². The number of nitrogens with zero attached hydrogens (tertiary/aromatic N) is 4. The zero-order chi connectivity index (χ0) is 17.3. The van der Waals surface area contributed by atoms with Crippen LogP contribution < -0.4 is 19.7 Å². The van der Waals surface area contributed by atoms with Gasteiger partial charge in [-0.05, 0) is 36.6 Å². The first-order valence-electron chi connectivity index (χ1n) is 9.29. The fourth-order valence-electron chi connectivity index (χ4n) is 3.44. The molecule has 1 saturated heterocycles. The Bertz CT molecular complexity index is 787. The normalized spacial score (nSPS) is 19.6. The zero-order valence-corrected chi connectivity index (χ0v) is 14.7. The molecule has 1 saturated carbocycles. The SMILES string of the molecule is c1cc(N2CCN(Cc3ccc4c(c3)OCO4)CC2)nc(NC2CC2)n1. The van der Waals surface area contributed by atoms with E-state index in [0.717, 1.165) is 56.0 Å². The van der Waals surface area contributed by atoms with Gasteiger partial charge in [0.2, 0.25) is 12.7 Å². The lowest BCUT2D eigenvalue weighted by Crippen LogP contribution is -2.46. The summed E-state index contributed by atoms with van der Waals surface area (Å²) in [6.45, 7) is 5.25. The molecule has 3 aliphatic rings. The summed E-state index contributed by atoms with van der Waals surface area (Å²) in [5.41, 5.74) is 1.26. The fraction of sp³-hybridized carbons (Fsp3) is 0.474. The number of rotatable bonds is 5. The van der Waals surface area contributed by atoms with Crippen molar-refractivity contribution in [1.29, 1.82) is 0 Å². The first-order chi connectivity index (χ1) is 12.8. The largest absolute Gasteiger partial charge is 0.454 e. The van der Waals surface area contributed by atoms with Crippen molar-refractivity contribution >= 4 is 11.8 Å². The third-order valence-corrected chi connectivity index (χ3v) is 5.09. The van der Waals surface area contributed by atoms with Crippen LogP contribution in [0.1, 0.15) is 18.4 Å². The second kappa shape index (κ2) is 6.64. The lowest BCUT2D eigenvalue weighted by molar-refractivity contribution is 0.174. The maximum absolute atomic E-state index is 5.48. The molecule has 0 bridgehead atoms. The average molecular weight is 353 g/mol. The van der Waals surface area contributed by atoms with E-state index in [1.165, 1.54) is 18.4 Å². The van der Waals surface area contributed by atoms with E-state index in [1.807, 2.05) is 18.3 Å². The number of fused-ring (bicyclic) bond motifs is 1. The van der Waals surface area contributed by atoms with Crippen molar-refractivity contribution in [2.24, 2.45) is 0 Å². The molecular formula is C19H23N5O2. The minimum Gasteiger partial charge on any atom is -0.454 e. The Morgan fingerprint density at radius 1 is 1.04 bits per heavy atom. The Morgan fingerprint density at radius 2 is 1.88 bits per heavy atom. The van der Waals surface area contributed by atoms with Gasteiger partial charge in [-0.2, -0.15) is 4.98 Å². The molecule has 0 amide bonds. The van der Waals surface area contributed by atoms with Crippen molar-refractivity contribution in [3.63, 3.8) is 0 Å². The van der Waals surface area contributed by atoms with E-state index < -0.39 is 0 Å². The monoisotopic (exact) mass is 353 g/mol. The second-order valence-electron chi connectivity index (χ2n) is 7.11. The third kappa shape index (κ3) is 3.39. The van der Waals surface area contributed by atoms with Crippen molar-refractivity contribution in [2.45, 2.75) is 25.4 Å². The molecule has 0 spiro atoms. The number of benzene rings is 1. The summed E-state index contributed by atoms with van der Waals surface area (Å²) < 4.78 is 10.9. The molecule has 1 aliphatic carbocycles. The summed E-state index contributed by atoms with van der Waals surface area (Å²) in [7, 11) is 0. The molecular weight excluding hydrogens is 330 g/mol. The fourth-order valence-corrected chi connectivity index (χ4v) is 3.44. The van der Waals surface area contributed by atoms with Crippen LogP contribution in [0.25, 0.3) is 0 Å². The van der Waals surface area contributed by atoms with Gasteiger partial charge in [-0.3, -0.25) is 4.90 Å². The van der Waals surface area contributed by atoms with Gasteiger partial charge in [0, 0.05) is 45.0 Å². The Balaban J connectivity index is 1.18. The van der Waals surface area contributed by atoms with E-state index in [4.69, 9.17) is 9.47 Å². The van der Waals surface area contributed by atoms with Crippen molar-refractivity contribution in [1.82, 2.24) is 14.9 Å². The van der Waals surface area contributed by atoms with E-state index in [1.54, 1.807) is 0 Å². The van der Waals surface area contributed by atoms with E-state index in [2.05, 4.69) is 37.2 Å². The minimum absolute atomic E-state index is 0.327. The standard InChI is InChI=1S/C19H23N5O2/c1-4-16-17(26-13-25-16)11-14(1)12-23-7-9-24(10-8-23)18-5-6-20-19(22-18)21-15-2-3-15/h1,4-6,11,15H,2-3,7-10,12-13H2,(H,20,21,22). The Kier molecular flexibility index (Phi) is 4.01. The summed E-state index contributed by atoms with van der Waals surface area (Å²) in [5.74, 6) is 3.48. The van der Waals surface area contributed by atoms with Crippen LogP contribution in [0.15, 0.2) is 30.5 Å². The smallest absolute Gasteiger partial charge is 0.231 e. The molecule has 2 aromatic rings. The number of anilines is 2. The van der Waals surface area contributed by atoms with Gasteiger partial charge in [-0.1, -0.05) is 6.07 Å². The molecule has 5 rings (SSSR count). The van der Waals surface area contributed by atoms with Gasteiger partial charge in [-0.15, -0.1) is 0 Å². The topological polar surface area (TPSA) is 62.8 Å². The predicted octanol–water partition coefficient (Wildman–Crippen LogP) is 2.10. The zero-order valence-electron chi connectivity index (χ0n) is 14.7. The van der Waals surface area contributed by atoms with E-state index in [-0.39, 0.29) is 0 Å². The molecule has 26 heavy (non-hydrogen) atoms. The van der Waals surface area contributed by atoms with Crippen LogP contribution in [0.5, 0.6) is 11.5 Å². The summed E-state index contributed by atoms with van der Waals surface area (Å²) >= 11 is 0. The quantitative estimate of drug-likeness (QED) is 0.883. The predicted molar refractivity (Wildman–Crippen MR) is 98.7 cm³/mol. The Morgan fingerprint density at radius 3 is 2.73 bits per heavy atom. The Hall–Kier alpha value is -2.54. The van der Waals surface area contributed by atoms with E-state index in [0.29, 0.717) is 12.8 Å². The first-order valence-corrected chi connectivity index (χ1v) is 9.29. The summed E-state index contributed by atoms with van der Waals surface area (Å²) in [4.78, 5) is 13.8. The van der Waals surface area contributed by atoms with Gasteiger partial charge in [0.05, 0.1) is 0 Å². The molecule has 0 atom stereocenters. The van der Waals surface area contributed by atoms with Crippen molar-refractivity contribution in [3.8, 4) is 11.5 Å². The summed E-state index contributed by atoms with van der Waals surface area (Å²) in [5, 5.41) is 3.38. The maximum Gasteiger partial charge on any atom is 0.231 e. The first kappa shape index (κ1) is 15.7. The van der Waals surface area contributed by atoms with Crippen LogP contribution >= 0.6 is 0 Å². The molecule has 2 fully saturated rings. The van der Waals surface area contributed by atoms with Gasteiger partial charge in [0.15, 0.2) is 11.5 Å². The van der Waals surface area contributed by atoms with Crippen molar-refractivity contribution < 1.29 is 9.47 Å². The molecule has 1 N–H and O–H groups in total. The van der Waals surface area contributed by atoms with Crippen LogP contribution in [0.3, 0.4) is 0 Å². The highest BCUT2D eigenvalue weighted by Crippen LogP contribution is 2.33. The molecule has 3 heterocycles. The summed E-state index contributed by atoms with van der Waals surface area (Å²) in [6, 6.07) is 8.80. The molecule has 0 radical (unpaired) electrons. The van der Waals surface area contributed by atoms with Crippen LogP contribution in [0, 0.1) is 0 Å². The van der Waals surface area contributed by atoms with Gasteiger partial charge >= 0.3 is 0 Å². The molecule has 7 nitrogen and oxygen atoms in total. The van der Waals surface area contributed by atoms with Gasteiger partial charge in [-0.25, -0.2) is 4.98 Å². The Labute approximate surface area is 152 Å². The minimum atomic E-state index is 0.327. The lowest BCUT2D eigenvalue weighted by Gasteiger charge is -2.35. The number of hydrogen-bond acceptors (Lipinski definition) is 7. The van der Waals surface area contributed by atoms with Crippen LogP contribution in [0.4, 0.5) is 11.8 Å². The van der Waals surface area contributed by atoms with Crippen LogP contribution in [0.2, 0.25) is 0 Å². The molecule has 7 heteroatoms. The van der Waals surface area contributed by atoms with Crippen molar-refractivity contribution in [3.05, 3.63) is 36.0 Å². The third-order valence-electron chi connectivity index (χ3n) is 5.09. The highest BCUT2D eigenvalue weighted by molar-refractivity contribution is 5.45. The van der Waals surface area contributed by atoms with Crippen LogP contribution in [-0.4, -0.2) is 53.9 Å². The van der Waals surface area contributed by atoms with Crippen molar-refractivity contribution in [2.75, 3.05) is 43.2 Å². The lowest BCUT2D eigenvalue weighted by atomic mass is 10.1. The highest BCUT2D eigenvalue weighted by Gasteiger charge is 2.23. The van der Waals surface area contributed by atoms with Gasteiger partial charge < -0.3 is 19.7 Å². The number of piperazine rings is 1. The molecule has 0 unspecified atom stereocenters. The number of ether oxygens (including phenoxy) is 2. The summed E-state index contributed by atoms with van der Waals surface area (Å²) in [6.07, 6.45) is 4.31. The van der Waals surface area contributed by atoms with E-state index in [9.17, 15) is 0 Å². The van der Waals surface area contributed by atoms with E-state index >= 15 is 0 Å². The maximum atomic E-state index is 5.48. The molecule has 1 aromatic heterocycles. The average Bonchev–Trinajstić information content (AvgIpc) is 3.36. The number of aromatic nitrogens is 2. The molecule has 2 aliphatic heterocycles.